The Morgan fingerprint density at radius 3 is 1.77 bits per heavy atom. The van der Waals surface area contributed by atoms with Gasteiger partial charge in [0.2, 0.25) is 11.4 Å². The van der Waals surface area contributed by atoms with Gasteiger partial charge < -0.3 is 9.47 Å². The maximum absolute atomic E-state index is 10.9. The van der Waals surface area contributed by atoms with Crippen molar-refractivity contribution in [1.29, 1.82) is 0 Å². The zero-order valence-corrected chi connectivity index (χ0v) is 6.94. The minimum absolute atomic E-state index is 0.297. The van der Waals surface area contributed by atoms with Gasteiger partial charge >= 0.3 is 11.9 Å². The molecule has 0 aliphatic rings. The van der Waals surface area contributed by atoms with E-state index in [0.29, 0.717) is 0 Å². The lowest BCUT2D eigenvalue weighted by atomic mass is 10.3. The molecule has 0 fully saturated rings. The van der Waals surface area contributed by atoms with E-state index in [4.69, 9.17) is 0 Å². The maximum atomic E-state index is 10.9. The average molecular weight is 186 g/mol. The van der Waals surface area contributed by atoms with E-state index in [-0.39, 0.29) is 11.4 Å². The molecule has 1 aromatic rings. The predicted molar refractivity (Wildman–Crippen MR) is 37.0 cm³/mol. The molecule has 0 bridgehead atoms. The van der Waals surface area contributed by atoms with E-state index >= 15 is 0 Å². The number of aromatic nitrogens is 2. The van der Waals surface area contributed by atoms with E-state index in [2.05, 4.69) is 24.4 Å². The highest BCUT2D eigenvalue weighted by molar-refractivity contribution is 5.99. The summed E-state index contributed by atoms with van der Waals surface area (Å²) in [5.41, 5.74) is -0.594. The zero-order valence-electron chi connectivity index (χ0n) is 6.94. The Kier molecular flexibility index (Phi) is 2.58. The van der Waals surface area contributed by atoms with Crippen molar-refractivity contribution >= 4 is 11.9 Å². The number of esters is 2. The molecule has 0 N–H and O–H groups in total. The normalized spacial score (nSPS) is 9.38. The molecule has 7 nitrogen and oxygen atoms in total. The van der Waals surface area contributed by atoms with Crippen LogP contribution in [0.15, 0.2) is 4.63 Å². The van der Waals surface area contributed by atoms with Crippen molar-refractivity contribution in [1.82, 2.24) is 10.3 Å². The average Bonchev–Trinajstić information content (AvgIpc) is 2.63. The molecule has 13 heavy (non-hydrogen) atoms. The fourth-order valence-electron chi connectivity index (χ4n) is 0.650. The van der Waals surface area contributed by atoms with Crippen molar-refractivity contribution in [2.45, 2.75) is 0 Å². The van der Waals surface area contributed by atoms with Crippen LogP contribution in [-0.4, -0.2) is 36.5 Å². The van der Waals surface area contributed by atoms with E-state index in [1.807, 2.05) is 0 Å². The van der Waals surface area contributed by atoms with Crippen molar-refractivity contribution < 1.29 is 23.7 Å². The fraction of sp³-hybridized carbons (Fsp3) is 0.333. The minimum atomic E-state index is -0.804. The van der Waals surface area contributed by atoms with Gasteiger partial charge in [0.05, 0.1) is 14.2 Å². The zero-order chi connectivity index (χ0) is 9.84. The first kappa shape index (κ1) is 9.17. The van der Waals surface area contributed by atoms with Gasteiger partial charge in [0.1, 0.15) is 0 Å². The minimum Gasteiger partial charge on any atom is -0.464 e. The van der Waals surface area contributed by atoms with Crippen molar-refractivity contribution in [3.8, 4) is 0 Å². The lowest BCUT2D eigenvalue weighted by Gasteiger charge is -1.94. The molecule has 1 heterocycles. The Labute approximate surface area is 72.6 Å². The van der Waals surface area contributed by atoms with Gasteiger partial charge in [-0.2, -0.15) is 0 Å². The first-order valence-electron chi connectivity index (χ1n) is 3.20. The largest absolute Gasteiger partial charge is 0.464 e. The Morgan fingerprint density at radius 2 is 1.46 bits per heavy atom. The van der Waals surface area contributed by atoms with Crippen LogP contribution in [0.1, 0.15) is 21.0 Å². The molecule has 1 aromatic heterocycles. The molecule has 0 aromatic carbocycles. The summed E-state index contributed by atoms with van der Waals surface area (Å²) in [6.45, 7) is 0. The van der Waals surface area contributed by atoms with Gasteiger partial charge in [-0.15, -0.1) is 0 Å². The van der Waals surface area contributed by atoms with Crippen molar-refractivity contribution in [3.05, 3.63) is 11.4 Å². The van der Waals surface area contributed by atoms with Gasteiger partial charge in [0.25, 0.3) is 0 Å². The van der Waals surface area contributed by atoms with E-state index in [1.165, 1.54) is 0 Å². The number of carbonyl (C=O) groups is 2. The van der Waals surface area contributed by atoms with E-state index in [1.54, 1.807) is 0 Å². The molecule has 0 aliphatic heterocycles. The van der Waals surface area contributed by atoms with Gasteiger partial charge in [-0.3, -0.25) is 0 Å². The molecule has 0 radical (unpaired) electrons. The fourth-order valence-corrected chi connectivity index (χ4v) is 0.650. The number of carbonyl (C=O) groups excluding carboxylic acids is 2. The monoisotopic (exact) mass is 186 g/mol. The number of methoxy groups -OCH3 is 2. The number of ether oxygens (including phenoxy) is 2. The highest BCUT2D eigenvalue weighted by Gasteiger charge is 2.25. The van der Waals surface area contributed by atoms with Crippen LogP contribution in [0, 0.1) is 0 Å². The smallest absolute Gasteiger partial charge is 0.362 e. The molecule has 0 spiro atoms. The third kappa shape index (κ3) is 1.63. The standard InChI is InChI=1S/C6H6N2O5/c1-11-5(9)3-4(6(10)12-2)8-13-7-3/h1-2H3. The molecule has 1 rings (SSSR count). The van der Waals surface area contributed by atoms with Gasteiger partial charge in [0, 0.05) is 0 Å². The van der Waals surface area contributed by atoms with Crippen molar-refractivity contribution in [2.75, 3.05) is 14.2 Å². The summed E-state index contributed by atoms with van der Waals surface area (Å²) in [7, 11) is 2.30. The molecule has 0 unspecified atom stereocenters. The SMILES string of the molecule is COC(=O)c1nonc1C(=O)OC. The van der Waals surface area contributed by atoms with Crippen LogP contribution in [0.3, 0.4) is 0 Å². The second-order valence-electron chi connectivity index (χ2n) is 1.94. The Hall–Kier alpha value is -1.92. The van der Waals surface area contributed by atoms with E-state index in [9.17, 15) is 9.59 Å². The third-order valence-corrected chi connectivity index (χ3v) is 1.25. The van der Waals surface area contributed by atoms with Crippen LogP contribution in [0.25, 0.3) is 0 Å². The first-order chi connectivity index (χ1) is 6.20. The number of hydrogen-bond acceptors (Lipinski definition) is 7. The van der Waals surface area contributed by atoms with Gasteiger partial charge in [-0.1, -0.05) is 0 Å². The van der Waals surface area contributed by atoms with Crippen LogP contribution in [0.2, 0.25) is 0 Å². The van der Waals surface area contributed by atoms with Gasteiger partial charge in [-0.05, 0) is 10.3 Å². The summed E-state index contributed by atoms with van der Waals surface area (Å²) in [4.78, 5) is 21.8. The highest BCUT2D eigenvalue weighted by atomic mass is 16.6. The molecule has 70 valence electrons. The summed E-state index contributed by atoms with van der Waals surface area (Å²) in [5.74, 6) is -1.61. The van der Waals surface area contributed by atoms with Crippen molar-refractivity contribution in [3.63, 3.8) is 0 Å². The quantitative estimate of drug-likeness (QED) is 0.582. The Balaban J connectivity index is 3.02. The van der Waals surface area contributed by atoms with Crippen LogP contribution in [-0.2, 0) is 9.47 Å². The summed E-state index contributed by atoms with van der Waals surface area (Å²) in [6, 6.07) is 0. The second-order valence-corrected chi connectivity index (χ2v) is 1.94. The summed E-state index contributed by atoms with van der Waals surface area (Å²) in [5, 5.41) is 6.39. The Morgan fingerprint density at radius 1 is 1.08 bits per heavy atom. The third-order valence-electron chi connectivity index (χ3n) is 1.25. The lowest BCUT2D eigenvalue weighted by molar-refractivity contribution is 0.0548. The topological polar surface area (TPSA) is 91.5 Å². The van der Waals surface area contributed by atoms with E-state index < -0.39 is 11.9 Å². The van der Waals surface area contributed by atoms with Crippen LogP contribution < -0.4 is 0 Å². The van der Waals surface area contributed by atoms with E-state index in [0.717, 1.165) is 14.2 Å². The number of hydrogen-bond donors (Lipinski definition) is 0. The van der Waals surface area contributed by atoms with Crippen molar-refractivity contribution in [2.24, 2.45) is 0 Å². The summed E-state index contributed by atoms with van der Waals surface area (Å²) >= 11 is 0. The summed E-state index contributed by atoms with van der Waals surface area (Å²) < 4.78 is 12.8. The molecular weight excluding hydrogens is 180 g/mol. The molecular formula is C6H6N2O5. The van der Waals surface area contributed by atoms with Crippen LogP contribution >= 0.6 is 0 Å². The lowest BCUT2D eigenvalue weighted by Crippen LogP contribution is -2.11. The number of nitrogens with zero attached hydrogens (tertiary/aromatic N) is 2. The molecule has 0 saturated heterocycles. The maximum Gasteiger partial charge on any atom is 0.362 e. The first-order valence-corrected chi connectivity index (χ1v) is 3.20. The van der Waals surface area contributed by atoms with Crippen LogP contribution in [0.5, 0.6) is 0 Å². The second kappa shape index (κ2) is 3.65. The predicted octanol–water partition coefficient (Wildman–Crippen LogP) is -0.357. The molecule has 0 aliphatic carbocycles. The Bertz CT molecular complexity index is 301. The highest BCUT2D eigenvalue weighted by Crippen LogP contribution is 2.05. The molecule has 0 saturated carbocycles. The van der Waals surface area contributed by atoms with Gasteiger partial charge in [0.15, 0.2) is 0 Å². The molecule has 0 amide bonds. The molecule has 7 heteroatoms. The number of rotatable bonds is 2. The molecule has 0 atom stereocenters. The summed E-state index contributed by atoms with van der Waals surface area (Å²) in [6.07, 6.45) is 0. The van der Waals surface area contributed by atoms with Gasteiger partial charge in [-0.25, -0.2) is 14.2 Å². The van der Waals surface area contributed by atoms with Crippen LogP contribution in [0.4, 0.5) is 0 Å².